The third-order valence-electron chi connectivity index (χ3n) is 3.00. The second kappa shape index (κ2) is 4.22. The highest BCUT2D eigenvalue weighted by molar-refractivity contribution is 5.72. The van der Waals surface area contributed by atoms with Crippen molar-refractivity contribution in [3.63, 3.8) is 0 Å². The molecule has 1 aromatic carbocycles. The summed E-state index contributed by atoms with van der Waals surface area (Å²) in [6.45, 7) is 2.79. The Bertz CT molecular complexity index is 607. The number of likely N-dealkylation sites (N-methyl/N-ethyl adjacent to an activating group) is 1. The Kier molecular flexibility index (Phi) is 2.55. The summed E-state index contributed by atoms with van der Waals surface area (Å²) in [7, 11) is 2.02. The lowest BCUT2D eigenvalue weighted by Crippen LogP contribution is -2.23. The number of para-hydroxylation sites is 2. The van der Waals surface area contributed by atoms with E-state index in [0.29, 0.717) is 6.08 Å². The fourth-order valence-corrected chi connectivity index (χ4v) is 1.83. The monoisotopic (exact) mass is 242 g/mol. The Morgan fingerprint density at radius 3 is 2.89 bits per heavy atom. The zero-order chi connectivity index (χ0) is 12.5. The van der Waals surface area contributed by atoms with Gasteiger partial charge in [0.25, 0.3) is 0 Å². The molecular weight excluding hydrogens is 228 g/mol. The SMILES string of the molecule is CC1=CC=C(Oc2nc3ccccc3o2)CN1C. The van der Waals surface area contributed by atoms with Crippen molar-refractivity contribution in [3.8, 4) is 6.08 Å². The maximum absolute atomic E-state index is 5.66. The molecule has 0 amide bonds. The highest BCUT2D eigenvalue weighted by Gasteiger charge is 2.13. The van der Waals surface area contributed by atoms with Crippen LogP contribution < -0.4 is 4.74 Å². The van der Waals surface area contributed by atoms with Gasteiger partial charge in [0.1, 0.15) is 11.3 Å². The summed E-state index contributed by atoms with van der Waals surface area (Å²) < 4.78 is 11.2. The highest BCUT2D eigenvalue weighted by Crippen LogP contribution is 2.23. The molecule has 4 heteroatoms. The number of allylic oxidation sites excluding steroid dienone is 3. The van der Waals surface area contributed by atoms with E-state index < -0.39 is 0 Å². The molecule has 1 aliphatic rings. The molecule has 0 saturated heterocycles. The lowest BCUT2D eigenvalue weighted by atomic mass is 10.2. The van der Waals surface area contributed by atoms with Crippen LogP contribution in [0.4, 0.5) is 0 Å². The third kappa shape index (κ3) is 1.97. The van der Waals surface area contributed by atoms with Gasteiger partial charge in [-0.2, -0.15) is 4.98 Å². The van der Waals surface area contributed by atoms with Crippen LogP contribution in [0.15, 0.2) is 52.3 Å². The average Bonchev–Trinajstić information content (AvgIpc) is 2.76. The first-order valence-corrected chi connectivity index (χ1v) is 5.84. The molecule has 18 heavy (non-hydrogen) atoms. The molecule has 0 saturated carbocycles. The van der Waals surface area contributed by atoms with E-state index >= 15 is 0 Å². The molecule has 0 atom stereocenters. The largest absolute Gasteiger partial charge is 0.414 e. The molecule has 0 aliphatic carbocycles. The predicted molar refractivity (Wildman–Crippen MR) is 69.1 cm³/mol. The number of aromatic nitrogens is 1. The molecular formula is C14H14N2O2. The van der Waals surface area contributed by atoms with Crippen LogP contribution in [0.25, 0.3) is 11.1 Å². The molecule has 0 bridgehead atoms. The minimum absolute atomic E-state index is 0.295. The van der Waals surface area contributed by atoms with Crippen LogP contribution in [0, 0.1) is 0 Å². The molecule has 2 heterocycles. The zero-order valence-electron chi connectivity index (χ0n) is 10.4. The van der Waals surface area contributed by atoms with Gasteiger partial charge in [0.05, 0.1) is 6.54 Å². The van der Waals surface area contributed by atoms with Crippen LogP contribution in [0.1, 0.15) is 6.92 Å². The molecule has 0 N–H and O–H groups in total. The molecule has 92 valence electrons. The summed E-state index contributed by atoms with van der Waals surface area (Å²) >= 11 is 0. The maximum atomic E-state index is 5.66. The number of benzene rings is 1. The van der Waals surface area contributed by atoms with Gasteiger partial charge in [0.2, 0.25) is 0 Å². The van der Waals surface area contributed by atoms with Gasteiger partial charge in [-0.15, -0.1) is 0 Å². The summed E-state index contributed by atoms with van der Waals surface area (Å²) in [5.74, 6) is 0.828. The van der Waals surface area contributed by atoms with Crippen LogP contribution >= 0.6 is 0 Å². The first kappa shape index (κ1) is 10.9. The lowest BCUT2D eigenvalue weighted by molar-refractivity contribution is 0.271. The summed E-state index contributed by atoms with van der Waals surface area (Å²) in [4.78, 5) is 6.39. The van der Waals surface area contributed by atoms with E-state index in [1.807, 2.05) is 43.5 Å². The highest BCUT2D eigenvalue weighted by atomic mass is 16.6. The van der Waals surface area contributed by atoms with Crippen molar-refractivity contribution in [2.45, 2.75) is 6.92 Å². The van der Waals surface area contributed by atoms with Gasteiger partial charge in [0.15, 0.2) is 5.58 Å². The molecule has 0 fully saturated rings. The number of hydrogen-bond acceptors (Lipinski definition) is 4. The number of fused-ring (bicyclic) bond motifs is 1. The molecule has 0 unspecified atom stereocenters. The molecule has 4 nitrogen and oxygen atoms in total. The van der Waals surface area contributed by atoms with Gasteiger partial charge in [-0.25, -0.2) is 0 Å². The lowest BCUT2D eigenvalue weighted by Gasteiger charge is -2.23. The van der Waals surface area contributed by atoms with Crippen molar-refractivity contribution in [1.29, 1.82) is 0 Å². The van der Waals surface area contributed by atoms with Gasteiger partial charge < -0.3 is 14.1 Å². The fraction of sp³-hybridized carbons (Fsp3) is 0.214. The summed E-state index contributed by atoms with van der Waals surface area (Å²) in [6, 6.07) is 7.61. The second-order valence-electron chi connectivity index (χ2n) is 4.35. The van der Waals surface area contributed by atoms with Gasteiger partial charge in [-0.3, -0.25) is 0 Å². The van der Waals surface area contributed by atoms with E-state index in [2.05, 4.69) is 16.8 Å². The molecule has 2 aromatic rings. The Morgan fingerprint density at radius 1 is 1.28 bits per heavy atom. The van der Waals surface area contributed by atoms with Crippen LogP contribution in [0.3, 0.4) is 0 Å². The van der Waals surface area contributed by atoms with Crippen LogP contribution in [-0.4, -0.2) is 23.5 Å². The summed E-state index contributed by atoms with van der Waals surface area (Å²) in [6.07, 6.45) is 4.26. The minimum Gasteiger partial charge on any atom is -0.414 e. The van der Waals surface area contributed by atoms with Crippen molar-refractivity contribution < 1.29 is 9.15 Å². The molecule has 0 radical (unpaired) electrons. The number of hydrogen-bond donors (Lipinski definition) is 0. The third-order valence-corrected chi connectivity index (χ3v) is 3.00. The van der Waals surface area contributed by atoms with Crippen LogP contribution in [-0.2, 0) is 0 Å². The van der Waals surface area contributed by atoms with Crippen molar-refractivity contribution in [2.75, 3.05) is 13.6 Å². The van der Waals surface area contributed by atoms with Crippen LogP contribution in [0.5, 0.6) is 6.08 Å². The van der Waals surface area contributed by atoms with Gasteiger partial charge >= 0.3 is 6.08 Å². The maximum Gasteiger partial charge on any atom is 0.400 e. The standard InChI is InChI=1S/C14H14N2O2/c1-10-7-8-11(9-16(10)2)17-14-15-12-5-3-4-6-13(12)18-14/h3-8H,9H2,1-2H3. The zero-order valence-corrected chi connectivity index (χ0v) is 10.4. The van der Waals surface area contributed by atoms with Gasteiger partial charge in [-0.05, 0) is 31.2 Å². The summed E-state index contributed by atoms with van der Waals surface area (Å²) in [5, 5.41) is 0. The van der Waals surface area contributed by atoms with Crippen LogP contribution in [0.2, 0.25) is 0 Å². The quantitative estimate of drug-likeness (QED) is 0.811. The van der Waals surface area contributed by atoms with Crippen molar-refractivity contribution in [2.24, 2.45) is 0 Å². The number of oxazole rings is 1. The first-order valence-electron chi connectivity index (χ1n) is 5.84. The van der Waals surface area contributed by atoms with E-state index in [0.717, 1.165) is 23.4 Å². The van der Waals surface area contributed by atoms with Crippen molar-refractivity contribution in [1.82, 2.24) is 9.88 Å². The number of nitrogens with zero attached hydrogens (tertiary/aromatic N) is 2. The van der Waals surface area contributed by atoms with E-state index in [4.69, 9.17) is 9.15 Å². The molecule has 0 spiro atoms. The first-order chi connectivity index (χ1) is 8.72. The topological polar surface area (TPSA) is 38.5 Å². The second-order valence-corrected chi connectivity index (χ2v) is 4.35. The average molecular weight is 242 g/mol. The number of ether oxygens (including phenoxy) is 1. The molecule has 1 aromatic heterocycles. The summed E-state index contributed by atoms with van der Waals surface area (Å²) in [5.41, 5.74) is 2.76. The Balaban J connectivity index is 1.85. The molecule has 3 rings (SSSR count). The Labute approximate surface area is 105 Å². The Morgan fingerprint density at radius 2 is 2.11 bits per heavy atom. The van der Waals surface area contributed by atoms with E-state index in [-0.39, 0.29) is 0 Å². The minimum atomic E-state index is 0.295. The van der Waals surface area contributed by atoms with Gasteiger partial charge in [0, 0.05) is 12.7 Å². The van der Waals surface area contributed by atoms with Crippen molar-refractivity contribution in [3.05, 3.63) is 47.9 Å². The van der Waals surface area contributed by atoms with E-state index in [1.165, 1.54) is 5.70 Å². The predicted octanol–water partition coefficient (Wildman–Crippen LogP) is 2.94. The van der Waals surface area contributed by atoms with Crippen molar-refractivity contribution >= 4 is 11.1 Å². The van der Waals surface area contributed by atoms with E-state index in [1.54, 1.807) is 0 Å². The van der Waals surface area contributed by atoms with E-state index in [9.17, 15) is 0 Å². The normalized spacial score (nSPS) is 15.6. The Hall–Kier alpha value is -2.23. The molecule has 1 aliphatic heterocycles. The van der Waals surface area contributed by atoms with Gasteiger partial charge in [-0.1, -0.05) is 12.1 Å². The smallest absolute Gasteiger partial charge is 0.400 e. The fourth-order valence-electron chi connectivity index (χ4n) is 1.83. The number of rotatable bonds is 2.